The van der Waals surface area contributed by atoms with Gasteiger partial charge in [0.2, 0.25) is 0 Å². The Bertz CT molecular complexity index is 4430. The highest BCUT2D eigenvalue weighted by molar-refractivity contribution is 6.17. The summed E-state index contributed by atoms with van der Waals surface area (Å²) in [6, 6.07) is 114. The van der Waals surface area contributed by atoms with Gasteiger partial charge in [0.25, 0.3) is 0 Å². The smallest absolute Gasteiger partial charge is 0.115 e. The normalized spacial score (nSPS) is 11.1. The van der Waals surface area contributed by atoms with Gasteiger partial charge in [-0.05, 0) is 188 Å². The molecule has 0 aliphatic heterocycles. The third-order valence-corrected chi connectivity index (χ3v) is 16.9. The molecule has 14 aromatic carbocycles. The highest BCUT2D eigenvalue weighted by Crippen LogP contribution is 2.58. The van der Waals surface area contributed by atoms with Crippen LogP contribution in [0.5, 0.6) is 17.2 Å². The van der Waals surface area contributed by atoms with E-state index in [0.29, 0.717) is 0 Å². The van der Waals surface area contributed by atoms with Gasteiger partial charge in [-0.15, -0.1) is 0 Å². The average Bonchev–Trinajstić information content (AvgIpc) is 1.55. The number of rotatable bonds is 13. The van der Waals surface area contributed by atoms with Crippen molar-refractivity contribution in [1.29, 1.82) is 0 Å². The van der Waals surface area contributed by atoms with E-state index >= 15 is 0 Å². The van der Waals surface area contributed by atoms with Gasteiger partial charge >= 0.3 is 0 Å². The summed E-state index contributed by atoms with van der Waals surface area (Å²) in [4.78, 5) is 0. The van der Waals surface area contributed by atoms with Crippen molar-refractivity contribution in [2.75, 3.05) is 0 Å². The zero-order valence-electron chi connectivity index (χ0n) is 48.5. The van der Waals surface area contributed by atoms with Crippen molar-refractivity contribution in [2.45, 2.75) is 6.92 Å². The lowest BCUT2D eigenvalue weighted by molar-refractivity contribution is 0.475. The van der Waals surface area contributed by atoms with Crippen molar-refractivity contribution < 1.29 is 15.3 Å². The molecule has 0 spiro atoms. The summed E-state index contributed by atoms with van der Waals surface area (Å²) >= 11 is 0. The van der Waals surface area contributed by atoms with Gasteiger partial charge in [-0.1, -0.05) is 297 Å². The maximum atomic E-state index is 10.8. The lowest BCUT2D eigenvalue weighted by Crippen LogP contribution is -2.02. The second kappa shape index (κ2) is 23.9. The molecule has 3 N–H and O–H groups in total. The Morgan fingerprint density at radius 2 is 0.261 bits per heavy atom. The molecule has 3 heteroatoms. The quantitative estimate of drug-likeness (QED) is 0.108. The summed E-state index contributed by atoms with van der Waals surface area (Å²) in [6.07, 6.45) is 0. The van der Waals surface area contributed by atoms with Gasteiger partial charge in [0.15, 0.2) is 0 Å². The second-order valence-corrected chi connectivity index (χ2v) is 22.4. The van der Waals surface area contributed by atoms with Crippen LogP contribution in [0, 0.1) is 6.92 Å². The van der Waals surface area contributed by atoms with E-state index in [1.807, 2.05) is 24.3 Å². The second-order valence-electron chi connectivity index (χ2n) is 22.4. The number of hydrogen-bond acceptors (Lipinski definition) is 3. The van der Waals surface area contributed by atoms with Crippen LogP contribution in [0.1, 0.15) is 5.56 Å². The largest absolute Gasteiger partial charge is 0.508 e. The van der Waals surface area contributed by atoms with Crippen molar-refractivity contribution in [1.82, 2.24) is 0 Å². The fourth-order valence-corrected chi connectivity index (χ4v) is 12.9. The third kappa shape index (κ3) is 10.4. The molecule has 0 radical (unpaired) electrons. The van der Waals surface area contributed by atoms with Crippen LogP contribution in [0.25, 0.3) is 145 Å². The van der Waals surface area contributed by atoms with E-state index in [4.69, 9.17) is 0 Å². The van der Waals surface area contributed by atoms with Gasteiger partial charge < -0.3 is 15.3 Å². The summed E-state index contributed by atoms with van der Waals surface area (Å²) in [5.74, 6) is 0.583. The van der Waals surface area contributed by atoms with Crippen LogP contribution in [0.15, 0.2) is 328 Å². The SMILES string of the molecule is Cc1ccc(-c2c(-c3ccccc3)c(-c3ccccc3)c(-c3ccc(-c4ccc(-c5c(-c6ccccc6)c(-c6ccccc6)c(-c6ccc(O)cc6)c(-c6ccc(O)cc6)c5-c5ccccc5)cc4)cc3)c(-c3ccccc3)c2-c2ccc(O)cc2)cc1. The molecule has 0 amide bonds. The maximum absolute atomic E-state index is 10.8. The molecule has 418 valence electrons. The zero-order valence-corrected chi connectivity index (χ0v) is 48.5. The minimum atomic E-state index is 0.185. The van der Waals surface area contributed by atoms with Crippen LogP contribution in [-0.2, 0) is 0 Å². The zero-order chi connectivity index (χ0) is 59.5. The predicted molar refractivity (Wildman–Crippen MR) is 367 cm³/mol. The van der Waals surface area contributed by atoms with E-state index in [1.54, 1.807) is 36.4 Å². The van der Waals surface area contributed by atoms with Crippen LogP contribution < -0.4 is 0 Å². The molecular formula is C85H60O3. The summed E-state index contributed by atoms with van der Waals surface area (Å²) in [5, 5.41) is 32.4. The first-order chi connectivity index (χ1) is 43.3. The topological polar surface area (TPSA) is 60.7 Å². The Balaban J connectivity index is 1.02. The molecule has 3 nitrogen and oxygen atoms in total. The van der Waals surface area contributed by atoms with Gasteiger partial charge in [0.1, 0.15) is 17.2 Å². The Kier molecular flexibility index (Phi) is 14.8. The Hall–Kier alpha value is -11.5. The number of benzene rings is 14. The highest BCUT2D eigenvalue weighted by atomic mass is 16.3. The molecule has 0 saturated carbocycles. The van der Waals surface area contributed by atoms with Crippen molar-refractivity contribution in [3.63, 3.8) is 0 Å². The first-order valence-corrected chi connectivity index (χ1v) is 29.8. The molecule has 0 bridgehead atoms. The van der Waals surface area contributed by atoms with Crippen molar-refractivity contribution in [3.05, 3.63) is 333 Å². The standard InChI is InChI=1S/C85H60O3/c1-56-32-34-65(35-33-56)80-74(59-20-8-2-9-21-59)75(60-22-10-3-11-23-60)81(78(63-28-16-6-17-29-63)84(80)69-46-52-72(87)53-47-69)66-40-36-57(37-41-66)58-38-42-67(43-39-58)82-76(61-24-12-4-13-25-61)77(62-26-14-5-15-27-62)83(68-44-50-71(86)51-45-68)85(70-48-54-73(88)55-49-70)79(82)64-30-18-7-19-31-64/h2-55,86-88H,1H3. The Morgan fingerprint density at radius 1 is 0.136 bits per heavy atom. The molecule has 0 saturated heterocycles. The molecule has 0 heterocycles. The number of phenolic OH excluding ortho intramolecular Hbond substituents is 3. The van der Waals surface area contributed by atoms with E-state index in [-0.39, 0.29) is 17.2 Å². The number of aromatic hydroxyl groups is 3. The van der Waals surface area contributed by atoms with E-state index in [1.165, 1.54) is 5.56 Å². The molecule has 0 aliphatic rings. The molecule has 0 unspecified atom stereocenters. The van der Waals surface area contributed by atoms with Gasteiger partial charge in [0.05, 0.1) is 0 Å². The summed E-state index contributed by atoms with van der Waals surface area (Å²) in [7, 11) is 0. The van der Waals surface area contributed by atoms with Gasteiger partial charge in [0, 0.05) is 0 Å². The molecule has 88 heavy (non-hydrogen) atoms. The third-order valence-electron chi connectivity index (χ3n) is 16.9. The minimum absolute atomic E-state index is 0.185. The van der Waals surface area contributed by atoms with Crippen molar-refractivity contribution in [3.8, 4) is 162 Å². The van der Waals surface area contributed by atoms with E-state index in [9.17, 15) is 15.3 Å². The predicted octanol–water partition coefficient (Wildman–Crippen LogP) is 22.8. The van der Waals surface area contributed by atoms with Crippen LogP contribution in [-0.4, -0.2) is 15.3 Å². The van der Waals surface area contributed by atoms with Gasteiger partial charge in [-0.3, -0.25) is 0 Å². The molecule has 0 fully saturated rings. The van der Waals surface area contributed by atoms with Gasteiger partial charge in [-0.25, -0.2) is 0 Å². The highest BCUT2D eigenvalue weighted by Gasteiger charge is 2.31. The fourth-order valence-electron chi connectivity index (χ4n) is 12.9. The van der Waals surface area contributed by atoms with Crippen LogP contribution in [0.2, 0.25) is 0 Å². The first kappa shape index (κ1) is 54.4. The molecule has 14 rings (SSSR count). The molecule has 14 aromatic rings. The number of hydrogen-bond donors (Lipinski definition) is 3. The van der Waals surface area contributed by atoms with E-state index in [2.05, 4.69) is 274 Å². The Morgan fingerprint density at radius 3 is 0.432 bits per heavy atom. The van der Waals surface area contributed by atoms with E-state index in [0.717, 1.165) is 145 Å². The molecule has 0 atom stereocenters. The van der Waals surface area contributed by atoms with Gasteiger partial charge in [-0.2, -0.15) is 0 Å². The Labute approximate surface area is 514 Å². The average molecular weight is 1130 g/mol. The maximum Gasteiger partial charge on any atom is 0.115 e. The lowest BCUT2D eigenvalue weighted by atomic mass is 9.74. The lowest BCUT2D eigenvalue weighted by Gasteiger charge is -2.29. The number of phenols is 3. The molecule has 0 aromatic heterocycles. The van der Waals surface area contributed by atoms with Crippen LogP contribution in [0.3, 0.4) is 0 Å². The summed E-state index contributed by atoms with van der Waals surface area (Å²) in [5.41, 5.74) is 28.7. The fraction of sp³-hybridized carbons (Fsp3) is 0.0118. The van der Waals surface area contributed by atoms with Crippen molar-refractivity contribution >= 4 is 0 Å². The first-order valence-electron chi connectivity index (χ1n) is 29.8. The monoisotopic (exact) mass is 1130 g/mol. The van der Waals surface area contributed by atoms with Crippen LogP contribution in [0.4, 0.5) is 0 Å². The molecule has 0 aliphatic carbocycles. The molecular weight excluding hydrogens is 1070 g/mol. The van der Waals surface area contributed by atoms with Crippen molar-refractivity contribution in [2.24, 2.45) is 0 Å². The number of aryl methyl sites for hydroxylation is 1. The van der Waals surface area contributed by atoms with E-state index < -0.39 is 0 Å². The summed E-state index contributed by atoms with van der Waals surface area (Å²) < 4.78 is 0. The van der Waals surface area contributed by atoms with Crippen LogP contribution >= 0.6 is 0 Å². The summed E-state index contributed by atoms with van der Waals surface area (Å²) in [6.45, 7) is 2.13. The minimum Gasteiger partial charge on any atom is -0.508 e.